The molecule has 7 heteroatoms. The standard InChI is InChI=1S/C19H20N4O2S/c24-18(14-26-19-20-13-17-3-1-2-8-23(17)19)21-15-4-6-16(7-5-15)22-9-11-25-12-10-22/h1-8,13H,9-12,14H2,(H,21,24). The number of morpholine rings is 1. The Morgan fingerprint density at radius 2 is 1.96 bits per heavy atom. The molecule has 2 aromatic heterocycles. The number of hydrogen-bond donors (Lipinski definition) is 1. The van der Waals surface area contributed by atoms with Crippen molar-refractivity contribution < 1.29 is 9.53 Å². The number of hydrogen-bond acceptors (Lipinski definition) is 5. The van der Waals surface area contributed by atoms with Crippen LogP contribution in [-0.4, -0.2) is 47.3 Å². The molecule has 0 spiro atoms. The highest BCUT2D eigenvalue weighted by Gasteiger charge is 2.12. The average Bonchev–Trinajstić information content (AvgIpc) is 3.11. The zero-order valence-electron chi connectivity index (χ0n) is 14.3. The molecule has 3 aromatic rings. The van der Waals surface area contributed by atoms with Gasteiger partial charge in [0.25, 0.3) is 0 Å². The van der Waals surface area contributed by atoms with Crippen molar-refractivity contribution in [2.45, 2.75) is 5.16 Å². The zero-order valence-corrected chi connectivity index (χ0v) is 15.1. The molecule has 6 nitrogen and oxygen atoms in total. The number of pyridine rings is 1. The minimum Gasteiger partial charge on any atom is -0.378 e. The molecule has 0 aliphatic carbocycles. The molecular weight excluding hydrogens is 348 g/mol. The smallest absolute Gasteiger partial charge is 0.234 e. The monoisotopic (exact) mass is 368 g/mol. The van der Waals surface area contributed by atoms with Crippen LogP contribution in [0, 0.1) is 0 Å². The van der Waals surface area contributed by atoms with Crippen molar-refractivity contribution in [1.29, 1.82) is 0 Å². The number of fused-ring (bicyclic) bond motifs is 1. The van der Waals surface area contributed by atoms with Crippen LogP contribution in [-0.2, 0) is 9.53 Å². The lowest BCUT2D eigenvalue weighted by atomic mass is 10.2. The summed E-state index contributed by atoms with van der Waals surface area (Å²) >= 11 is 1.43. The molecule has 1 amide bonds. The number of thioether (sulfide) groups is 1. The van der Waals surface area contributed by atoms with Gasteiger partial charge in [-0.1, -0.05) is 17.8 Å². The van der Waals surface area contributed by atoms with Gasteiger partial charge >= 0.3 is 0 Å². The molecule has 0 unspecified atom stereocenters. The van der Waals surface area contributed by atoms with Gasteiger partial charge in [-0.15, -0.1) is 0 Å². The number of aromatic nitrogens is 2. The van der Waals surface area contributed by atoms with Crippen LogP contribution in [0.2, 0.25) is 0 Å². The van der Waals surface area contributed by atoms with Crippen LogP contribution in [0.4, 0.5) is 11.4 Å². The third-order valence-electron chi connectivity index (χ3n) is 4.26. The van der Waals surface area contributed by atoms with Crippen molar-refractivity contribution in [2.75, 3.05) is 42.3 Å². The number of carbonyl (C=O) groups excluding carboxylic acids is 1. The molecule has 0 atom stereocenters. The third-order valence-corrected chi connectivity index (χ3v) is 5.23. The van der Waals surface area contributed by atoms with E-state index in [1.807, 2.05) is 59.3 Å². The summed E-state index contributed by atoms with van der Waals surface area (Å²) in [4.78, 5) is 18.9. The Bertz CT molecular complexity index is 888. The van der Waals surface area contributed by atoms with Crippen LogP contribution in [0.25, 0.3) is 5.52 Å². The van der Waals surface area contributed by atoms with E-state index < -0.39 is 0 Å². The van der Waals surface area contributed by atoms with Crippen LogP contribution in [0.3, 0.4) is 0 Å². The van der Waals surface area contributed by atoms with Crippen LogP contribution in [0.1, 0.15) is 0 Å². The van der Waals surface area contributed by atoms with Crippen molar-refractivity contribution in [3.05, 3.63) is 54.9 Å². The summed E-state index contributed by atoms with van der Waals surface area (Å²) in [5.41, 5.74) is 2.99. The largest absolute Gasteiger partial charge is 0.378 e. The second-order valence-electron chi connectivity index (χ2n) is 6.02. The quantitative estimate of drug-likeness (QED) is 0.702. The van der Waals surface area contributed by atoms with Crippen molar-refractivity contribution in [2.24, 2.45) is 0 Å². The molecule has 4 rings (SSSR count). The Kier molecular flexibility index (Phi) is 5.08. The van der Waals surface area contributed by atoms with Gasteiger partial charge in [-0.2, -0.15) is 0 Å². The molecular formula is C19H20N4O2S. The van der Waals surface area contributed by atoms with E-state index in [1.54, 1.807) is 0 Å². The molecule has 1 aromatic carbocycles. The minimum atomic E-state index is -0.0400. The van der Waals surface area contributed by atoms with Gasteiger partial charge in [0, 0.05) is 30.7 Å². The summed E-state index contributed by atoms with van der Waals surface area (Å²) in [6.45, 7) is 3.33. The first-order chi connectivity index (χ1) is 12.8. The van der Waals surface area contributed by atoms with Gasteiger partial charge in [0.05, 0.1) is 30.7 Å². The van der Waals surface area contributed by atoms with E-state index in [-0.39, 0.29) is 5.91 Å². The molecule has 134 valence electrons. The topological polar surface area (TPSA) is 58.9 Å². The number of rotatable bonds is 5. The summed E-state index contributed by atoms with van der Waals surface area (Å²) in [6, 6.07) is 13.9. The molecule has 26 heavy (non-hydrogen) atoms. The maximum atomic E-state index is 12.2. The number of carbonyl (C=O) groups is 1. The van der Waals surface area contributed by atoms with E-state index in [2.05, 4.69) is 15.2 Å². The fourth-order valence-corrected chi connectivity index (χ4v) is 3.70. The van der Waals surface area contributed by atoms with Crippen molar-refractivity contribution >= 4 is 34.6 Å². The first-order valence-electron chi connectivity index (χ1n) is 8.57. The van der Waals surface area contributed by atoms with Gasteiger partial charge in [0.1, 0.15) is 0 Å². The van der Waals surface area contributed by atoms with Gasteiger partial charge in [0.15, 0.2) is 5.16 Å². The molecule has 0 radical (unpaired) electrons. The fraction of sp³-hybridized carbons (Fsp3) is 0.263. The first kappa shape index (κ1) is 16.9. The van der Waals surface area contributed by atoms with E-state index in [1.165, 1.54) is 11.8 Å². The van der Waals surface area contributed by atoms with Gasteiger partial charge in [-0.3, -0.25) is 9.20 Å². The maximum Gasteiger partial charge on any atom is 0.234 e. The lowest BCUT2D eigenvalue weighted by Gasteiger charge is -2.28. The predicted octanol–water partition coefficient (Wildman–Crippen LogP) is 2.90. The Balaban J connectivity index is 1.33. The van der Waals surface area contributed by atoms with Crippen molar-refractivity contribution in [3.63, 3.8) is 0 Å². The lowest BCUT2D eigenvalue weighted by molar-refractivity contribution is -0.113. The van der Waals surface area contributed by atoms with Crippen LogP contribution >= 0.6 is 11.8 Å². The molecule has 1 aliphatic rings. The van der Waals surface area contributed by atoms with Gasteiger partial charge < -0.3 is 15.0 Å². The Hall–Kier alpha value is -2.51. The number of nitrogens with one attached hydrogen (secondary N) is 1. The van der Waals surface area contributed by atoms with E-state index in [0.29, 0.717) is 5.75 Å². The van der Waals surface area contributed by atoms with E-state index >= 15 is 0 Å². The Morgan fingerprint density at radius 1 is 1.15 bits per heavy atom. The summed E-state index contributed by atoms with van der Waals surface area (Å²) in [6.07, 6.45) is 3.76. The van der Waals surface area contributed by atoms with Gasteiger partial charge in [-0.25, -0.2) is 4.98 Å². The highest BCUT2D eigenvalue weighted by Crippen LogP contribution is 2.21. The number of ether oxygens (including phenoxy) is 1. The second kappa shape index (κ2) is 7.80. The average molecular weight is 368 g/mol. The number of amides is 1. The first-order valence-corrected chi connectivity index (χ1v) is 9.56. The lowest BCUT2D eigenvalue weighted by Crippen LogP contribution is -2.36. The summed E-state index contributed by atoms with van der Waals surface area (Å²) < 4.78 is 7.36. The number of imidazole rings is 1. The molecule has 0 saturated carbocycles. The Morgan fingerprint density at radius 3 is 2.77 bits per heavy atom. The summed E-state index contributed by atoms with van der Waals surface area (Å²) in [5.74, 6) is 0.279. The Labute approximate surface area is 156 Å². The van der Waals surface area contributed by atoms with Crippen molar-refractivity contribution in [3.8, 4) is 0 Å². The normalized spacial score (nSPS) is 14.5. The highest BCUT2D eigenvalue weighted by atomic mass is 32.2. The zero-order chi connectivity index (χ0) is 17.8. The highest BCUT2D eigenvalue weighted by molar-refractivity contribution is 7.99. The third kappa shape index (κ3) is 3.84. The van der Waals surface area contributed by atoms with Crippen LogP contribution in [0.5, 0.6) is 0 Å². The van der Waals surface area contributed by atoms with Crippen molar-refractivity contribution in [1.82, 2.24) is 9.38 Å². The SMILES string of the molecule is O=C(CSc1ncc2ccccn12)Nc1ccc(N2CCOCC2)cc1. The van der Waals surface area contributed by atoms with E-state index in [9.17, 15) is 4.79 Å². The second-order valence-corrected chi connectivity index (χ2v) is 6.96. The van der Waals surface area contributed by atoms with Gasteiger partial charge in [0.2, 0.25) is 5.91 Å². The predicted molar refractivity (Wildman–Crippen MR) is 104 cm³/mol. The maximum absolute atomic E-state index is 12.2. The fourth-order valence-electron chi connectivity index (χ4n) is 2.93. The number of anilines is 2. The van der Waals surface area contributed by atoms with E-state index in [4.69, 9.17) is 4.74 Å². The minimum absolute atomic E-state index is 0.0400. The summed E-state index contributed by atoms with van der Waals surface area (Å²) in [7, 11) is 0. The molecule has 3 heterocycles. The molecule has 0 bridgehead atoms. The molecule has 1 N–H and O–H groups in total. The summed E-state index contributed by atoms with van der Waals surface area (Å²) in [5, 5.41) is 3.76. The van der Waals surface area contributed by atoms with Gasteiger partial charge in [-0.05, 0) is 36.4 Å². The molecule has 1 fully saturated rings. The molecule has 1 aliphatic heterocycles. The van der Waals surface area contributed by atoms with Crippen LogP contribution in [0.15, 0.2) is 60.0 Å². The van der Waals surface area contributed by atoms with Crippen LogP contribution < -0.4 is 10.2 Å². The number of benzene rings is 1. The molecule has 1 saturated heterocycles. The van der Waals surface area contributed by atoms with E-state index in [0.717, 1.165) is 48.4 Å². The number of nitrogens with zero attached hydrogens (tertiary/aromatic N) is 3.